The van der Waals surface area contributed by atoms with Gasteiger partial charge in [0.25, 0.3) is 0 Å². The van der Waals surface area contributed by atoms with Gasteiger partial charge in [-0.05, 0) is 56.2 Å². The summed E-state index contributed by atoms with van der Waals surface area (Å²) in [5.41, 5.74) is 3.08. The van der Waals surface area contributed by atoms with E-state index < -0.39 is 0 Å². The normalized spacial score (nSPS) is 14.7. The van der Waals surface area contributed by atoms with Crippen LogP contribution in [0.4, 0.5) is 16.2 Å². The summed E-state index contributed by atoms with van der Waals surface area (Å²) in [4.78, 5) is 17.1. The number of carbonyl (C=O) groups is 1. The summed E-state index contributed by atoms with van der Waals surface area (Å²) in [5, 5.41) is 5.80. The molecule has 0 aliphatic carbocycles. The first-order chi connectivity index (χ1) is 14.1. The molecule has 2 amide bonds. The zero-order valence-electron chi connectivity index (χ0n) is 17.6. The van der Waals surface area contributed by atoms with Crippen LogP contribution in [0.25, 0.3) is 0 Å². The first kappa shape index (κ1) is 21.0. The summed E-state index contributed by atoms with van der Waals surface area (Å²) in [5.74, 6) is 0.847. The number of para-hydroxylation sites is 1. The van der Waals surface area contributed by atoms with Crippen LogP contribution in [0.2, 0.25) is 0 Å². The van der Waals surface area contributed by atoms with Crippen LogP contribution in [-0.2, 0) is 6.42 Å². The average Bonchev–Trinajstić information content (AvgIpc) is 2.74. The van der Waals surface area contributed by atoms with E-state index in [0.29, 0.717) is 12.6 Å². The minimum absolute atomic E-state index is 0.196. The lowest BCUT2D eigenvalue weighted by Crippen LogP contribution is -2.48. The smallest absolute Gasteiger partial charge is 0.319 e. The molecule has 29 heavy (non-hydrogen) atoms. The van der Waals surface area contributed by atoms with Crippen LogP contribution in [-0.4, -0.2) is 56.8 Å². The minimum Gasteiger partial charge on any atom is -0.496 e. The van der Waals surface area contributed by atoms with E-state index in [1.54, 1.807) is 7.11 Å². The number of ether oxygens (including phenoxy) is 1. The standard InChI is InChI=1S/C23H32N4O2/c1-18(2)26-14-16-27(17-15-26)21-10-8-20(9-11-21)25-23(28)24-13-12-19-6-4-5-7-22(19)29-3/h4-11,18H,12-17H2,1-3H3,(H2,24,25,28). The number of anilines is 2. The Morgan fingerprint density at radius 1 is 1.03 bits per heavy atom. The third-order valence-corrected chi connectivity index (χ3v) is 5.41. The fraction of sp³-hybridized carbons (Fsp3) is 0.435. The third-order valence-electron chi connectivity index (χ3n) is 5.41. The minimum atomic E-state index is -0.196. The topological polar surface area (TPSA) is 56.8 Å². The Labute approximate surface area is 173 Å². The molecule has 1 heterocycles. The van der Waals surface area contributed by atoms with E-state index in [1.807, 2.05) is 36.4 Å². The maximum Gasteiger partial charge on any atom is 0.319 e. The van der Waals surface area contributed by atoms with E-state index in [2.05, 4.69) is 46.4 Å². The number of hydrogen-bond donors (Lipinski definition) is 2. The van der Waals surface area contributed by atoms with Crippen LogP contribution >= 0.6 is 0 Å². The van der Waals surface area contributed by atoms with E-state index in [1.165, 1.54) is 5.69 Å². The highest BCUT2D eigenvalue weighted by molar-refractivity contribution is 5.89. The predicted octanol–water partition coefficient (Wildman–Crippen LogP) is 3.59. The van der Waals surface area contributed by atoms with Gasteiger partial charge in [-0.1, -0.05) is 18.2 Å². The van der Waals surface area contributed by atoms with Gasteiger partial charge in [-0.3, -0.25) is 4.90 Å². The van der Waals surface area contributed by atoms with Crippen LogP contribution in [0.1, 0.15) is 19.4 Å². The third kappa shape index (κ3) is 5.87. The molecule has 1 aliphatic heterocycles. The molecule has 2 aromatic carbocycles. The van der Waals surface area contributed by atoms with Crippen molar-refractivity contribution in [2.75, 3.05) is 50.1 Å². The van der Waals surface area contributed by atoms with Crippen molar-refractivity contribution in [3.05, 3.63) is 54.1 Å². The molecule has 0 bridgehead atoms. The molecular weight excluding hydrogens is 364 g/mol. The van der Waals surface area contributed by atoms with Crippen molar-refractivity contribution in [1.29, 1.82) is 0 Å². The van der Waals surface area contributed by atoms with E-state index >= 15 is 0 Å². The van der Waals surface area contributed by atoms with E-state index in [9.17, 15) is 4.79 Å². The molecule has 0 unspecified atom stereocenters. The quantitative estimate of drug-likeness (QED) is 0.751. The fourth-order valence-electron chi connectivity index (χ4n) is 3.65. The Balaban J connectivity index is 1.44. The van der Waals surface area contributed by atoms with Crippen LogP contribution < -0.4 is 20.3 Å². The summed E-state index contributed by atoms with van der Waals surface area (Å²) in [6.07, 6.45) is 0.721. The molecule has 156 valence electrons. The number of amides is 2. The maximum absolute atomic E-state index is 12.2. The number of urea groups is 1. The Bertz CT molecular complexity index is 784. The molecule has 2 N–H and O–H groups in total. The Hall–Kier alpha value is -2.73. The zero-order valence-corrected chi connectivity index (χ0v) is 17.6. The van der Waals surface area contributed by atoms with Crippen molar-refractivity contribution in [3.63, 3.8) is 0 Å². The molecule has 1 saturated heterocycles. The second-order valence-electron chi connectivity index (χ2n) is 7.61. The lowest BCUT2D eigenvalue weighted by Gasteiger charge is -2.38. The summed E-state index contributed by atoms with van der Waals surface area (Å²) in [6.45, 7) is 9.29. The average molecular weight is 397 g/mol. The summed E-state index contributed by atoms with van der Waals surface area (Å²) < 4.78 is 5.34. The number of piperazine rings is 1. The van der Waals surface area contributed by atoms with Crippen molar-refractivity contribution < 1.29 is 9.53 Å². The molecule has 0 radical (unpaired) electrons. The summed E-state index contributed by atoms with van der Waals surface area (Å²) in [6, 6.07) is 16.3. The van der Waals surface area contributed by atoms with Crippen molar-refractivity contribution >= 4 is 17.4 Å². The Morgan fingerprint density at radius 2 is 1.72 bits per heavy atom. The van der Waals surface area contributed by atoms with Gasteiger partial charge in [0.15, 0.2) is 0 Å². The number of carbonyl (C=O) groups excluding carboxylic acids is 1. The maximum atomic E-state index is 12.2. The second kappa shape index (κ2) is 10.2. The van der Waals surface area contributed by atoms with E-state index in [0.717, 1.165) is 49.6 Å². The number of nitrogens with zero attached hydrogens (tertiary/aromatic N) is 2. The largest absolute Gasteiger partial charge is 0.496 e. The molecule has 1 aliphatic rings. The van der Waals surface area contributed by atoms with Gasteiger partial charge in [-0.25, -0.2) is 4.79 Å². The molecule has 3 rings (SSSR count). The number of benzene rings is 2. The first-order valence-corrected chi connectivity index (χ1v) is 10.3. The number of rotatable bonds is 7. The fourth-order valence-corrected chi connectivity index (χ4v) is 3.65. The van der Waals surface area contributed by atoms with Crippen molar-refractivity contribution in [3.8, 4) is 5.75 Å². The van der Waals surface area contributed by atoms with Crippen molar-refractivity contribution in [2.24, 2.45) is 0 Å². The van der Waals surface area contributed by atoms with Crippen molar-refractivity contribution in [1.82, 2.24) is 10.2 Å². The highest BCUT2D eigenvalue weighted by atomic mass is 16.5. The van der Waals surface area contributed by atoms with Gasteiger partial charge in [-0.2, -0.15) is 0 Å². The summed E-state index contributed by atoms with van der Waals surface area (Å²) >= 11 is 0. The predicted molar refractivity (Wildman–Crippen MR) is 119 cm³/mol. The zero-order chi connectivity index (χ0) is 20.6. The number of methoxy groups -OCH3 is 1. The molecule has 6 nitrogen and oxygen atoms in total. The molecule has 0 aromatic heterocycles. The van der Waals surface area contributed by atoms with Gasteiger partial charge in [0.1, 0.15) is 5.75 Å². The molecule has 0 atom stereocenters. The first-order valence-electron chi connectivity index (χ1n) is 10.3. The lowest BCUT2D eigenvalue weighted by molar-refractivity contribution is 0.209. The Morgan fingerprint density at radius 3 is 2.38 bits per heavy atom. The second-order valence-corrected chi connectivity index (χ2v) is 7.61. The SMILES string of the molecule is COc1ccccc1CCNC(=O)Nc1ccc(N2CCN(C(C)C)CC2)cc1. The van der Waals surface area contributed by atoms with Gasteiger partial charge in [0.05, 0.1) is 7.11 Å². The number of hydrogen-bond acceptors (Lipinski definition) is 4. The van der Waals surface area contributed by atoms with Crippen LogP contribution in [0.5, 0.6) is 5.75 Å². The van der Waals surface area contributed by atoms with Gasteiger partial charge in [-0.15, -0.1) is 0 Å². The summed E-state index contributed by atoms with van der Waals surface area (Å²) in [7, 11) is 1.66. The van der Waals surface area contributed by atoms with Crippen LogP contribution in [0.15, 0.2) is 48.5 Å². The van der Waals surface area contributed by atoms with Gasteiger partial charge in [0, 0.05) is 50.1 Å². The van der Waals surface area contributed by atoms with E-state index in [-0.39, 0.29) is 6.03 Å². The molecule has 0 spiro atoms. The van der Waals surface area contributed by atoms with Gasteiger partial charge >= 0.3 is 6.03 Å². The monoisotopic (exact) mass is 396 g/mol. The molecular formula is C23H32N4O2. The molecule has 2 aromatic rings. The molecule has 6 heteroatoms. The Kier molecular flexibility index (Phi) is 7.36. The molecule has 0 saturated carbocycles. The van der Waals surface area contributed by atoms with Crippen LogP contribution in [0, 0.1) is 0 Å². The van der Waals surface area contributed by atoms with Gasteiger partial charge in [0.2, 0.25) is 0 Å². The van der Waals surface area contributed by atoms with Gasteiger partial charge < -0.3 is 20.3 Å². The van der Waals surface area contributed by atoms with E-state index in [4.69, 9.17) is 4.74 Å². The lowest BCUT2D eigenvalue weighted by atomic mass is 10.1. The highest BCUT2D eigenvalue weighted by Crippen LogP contribution is 2.20. The molecule has 1 fully saturated rings. The highest BCUT2D eigenvalue weighted by Gasteiger charge is 2.18. The van der Waals surface area contributed by atoms with Crippen molar-refractivity contribution in [2.45, 2.75) is 26.3 Å². The van der Waals surface area contributed by atoms with Crippen LogP contribution in [0.3, 0.4) is 0 Å². The number of nitrogens with one attached hydrogen (secondary N) is 2.